The third-order valence-electron chi connectivity index (χ3n) is 3.91. The molecule has 2 aromatic rings. The fraction of sp³-hybridized carbons (Fsp3) is 0.444. The average molecular weight is 318 g/mol. The molecule has 0 amide bonds. The fourth-order valence-electron chi connectivity index (χ4n) is 2.83. The lowest BCUT2D eigenvalue weighted by molar-refractivity contribution is 0.605. The SMILES string of the molecule is CCCNC(c1cccc(C)c1)c1cc2c(s1)CCSC2. The molecule has 1 unspecified atom stereocenters. The number of thioether (sulfide) groups is 1. The molecule has 112 valence electrons. The first-order valence-corrected chi connectivity index (χ1v) is 9.74. The largest absolute Gasteiger partial charge is 0.306 e. The van der Waals surface area contributed by atoms with Gasteiger partial charge in [0.1, 0.15) is 0 Å². The molecule has 1 aliphatic rings. The summed E-state index contributed by atoms with van der Waals surface area (Å²) in [7, 11) is 0. The van der Waals surface area contributed by atoms with Crippen LogP contribution >= 0.6 is 23.1 Å². The summed E-state index contributed by atoms with van der Waals surface area (Å²) in [6.45, 7) is 5.47. The molecule has 0 spiro atoms. The summed E-state index contributed by atoms with van der Waals surface area (Å²) >= 11 is 4.08. The van der Waals surface area contributed by atoms with Crippen molar-refractivity contribution in [1.82, 2.24) is 5.32 Å². The van der Waals surface area contributed by atoms with Gasteiger partial charge in [0.2, 0.25) is 0 Å². The summed E-state index contributed by atoms with van der Waals surface area (Å²) in [6.07, 6.45) is 2.42. The number of hydrogen-bond acceptors (Lipinski definition) is 3. The van der Waals surface area contributed by atoms with Gasteiger partial charge in [-0.3, -0.25) is 0 Å². The van der Waals surface area contributed by atoms with E-state index >= 15 is 0 Å². The predicted octanol–water partition coefficient (Wildman–Crippen LogP) is 4.93. The highest BCUT2D eigenvalue weighted by Gasteiger charge is 2.20. The minimum Gasteiger partial charge on any atom is -0.306 e. The summed E-state index contributed by atoms with van der Waals surface area (Å²) in [6, 6.07) is 11.7. The molecule has 1 aromatic heterocycles. The molecule has 21 heavy (non-hydrogen) atoms. The zero-order valence-corrected chi connectivity index (χ0v) is 14.4. The van der Waals surface area contributed by atoms with Gasteiger partial charge in [-0.1, -0.05) is 36.8 Å². The Hall–Kier alpha value is -0.770. The molecule has 1 aliphatic heterocycles. The van der Waals surface area contributed by atoms with Crippen LogP contribution in [0.3, 0.4) is 0 Å². The van der Waals surface area contributed by atoms with Gasteiger partial charge in [-0.05, 0) is 49.3 Å². The summed E-state index contributed by atoms with van der Waals surface area (Å²) < 4.78 is 0. The van der Waals surface area contributed by atoms with Crippen molar-refractivity contribution in [2.24, 2.45) is 0 Å². The minimum absolute atomic E-state index is 0.352. The number of rotatable bonds is 5. The molecule has 0 fully saturated rings. The Labute approximate surface area is 136 Å². The van der Waals surface area contributed by atoms with Crippen LogP contribution in [0.5, 0.6) is 0 Å². The first-order chi connectivity index (χ1) is 10.3. The topological polar surface area (TPSA) is 12.0 Å². The molecule has 0 radical (unpaired) electrons. The van der Waals surface area contributed by atoms with Crippen molar-refractivity contribution in [3.05, 3.63) is 56.8 Å². The van der Waals surface area contributed by atoms with Crippen LogP contribution in [0.2, 0.25) is 0 Å². The molecule has 1 N–H and O–H groups in total. The van der Waals surface area contributed by atoms with E-state index in [0.717, 1.165) is 6.54 Å². The highest BCUT2D eigenvalue weighted by atomic mass is 32.2. The number of hydrogen-bond donors (Lipinski definition) is 1. The van der Waals surface area contributed by atoms with Crippen LogP contribution < -0.4 is 5.32 Å². The van der Waals surface area contributed by atoms with E-state index in [-0.39, 0.29) is 0 Å². The number of fused-ring (bicyclic) bond motifs is 1. The average Bonchev–Trinajstić information content (AvgIpc) is 2.91. The normalized spacial score (nSPS) is 15.7. The summed E-state index contributed by atoms with van der Waals surface area (Å²) in [5.41, 5.74) is 4.31. The Morgan fingerprint density at radius 1 is 1.29 bits per heavy atom. The van der Waals surface area contributed by atoms with E-state index in [9.17, 15) is 0 Å². The van der Waals surface area contributed by atoms with E-state index in [1.54, 1.807) is 10.4 Å². The van der Waals surface area contributed by atoms with Crippen LogP contribution in [0.15, 0.2) is 30.3 Å². The van der Waals surface area contributed by atoms with Crippen molar-refractivity contribution in [2.45, 2.75) is 38.5 Å². The lowest BCUT2D eigenvalue weighted by Gasteiger charge is -2.18. The third-order valence-corrected chi connectivity index (χ3v) is 6.22. The number of thiophene rings is 1. The first kappa shape index (κ1) is 15.1. The molecule has 0 saturated carbocycles. The Kier molecular flexibility index (Phi) is 5.04. The molecule has 3 rings (SSSR count). The summed E-state index contributed by atoms with van der Waals surface area (Å²) in [5, 5.41) is 3.74. The van der Waals surface area contributed by atoms with E-state index in [0.29, 0.717) is 6.04 Å². The Balaban J connectivity index is 1.93. The van der Waals surface area contributed by atoms with Crippen molar-refractivity contribution >= 4 is 23.1 Å². The molecule has 1 atom stereocenters. The number of nitrogens with one attached hydrogen (secondary N) is 1. The fourth-order valence-corrected chi connectivity index (χ4v) is 5.31. The molecular weight excluding hydrogens is 294 g/mol. The van der Waals surface area contributed by atoms with Crippen LogP contribution in [0, 0.1) is 6.92 Å². The van der Waals surface area contributed by atoms with E-state index in [2.05, 4.69) is 61.3 Å². The van der Waals surface area contributed by atoms with Gasteiger partial charge < -0.3 is 5.32 Å². The Morgan fingerprint density at radius 3 is 2.95 bits per heavy atom. The van der Waals surface area contributed by atoms with Gasteiger partial charge in [0.25, 0.3) is 0 Å². The number of benzene rings is 1. The highest BCUT2D eigenvalue weighted by molar-refractivity contribution is 7.98. The van der Waals surface area contributed by atoms with Crippen molar-refractivity contribution in [3.63, 3.8) is 0 Å². The monoisotopic (exact) mass is 317 g/mol. The maximum atomic E-state index is 3.74. The third kappa shape index (κ3) is 3.53. The predicted molar refractivity (Wildman–Crippen MR) is 95.5 cm³/mol. The summed E-state index contributed by atoms with van der Waals surface area (Å²) in [5.74, 6) is 2.48. The van der Waals surface area contributed by atoms with Gasteiger partial charge in [-0.25, -0.2) is 0 Å². The van der Waals surface area contributed by atoms with Crippen LogP contribution in [0.25, 0.3) is 0 Å². The van der Waals surface area contributed by atoms with E-state index in [1.165, 1.54) is 40.4 Å². The van der Waals surface area contributed by atoms with E-state index in [1.807, 2.05) is 11.3 Å². The Bertz CT molecular complexity index is 580. The molecule has 3 heteroatoms. The van der Waals surface area contributed by atoms with Crippen LogP contribution in [0.4, 0.5) is 0 Å². The molecule has 0 bridgehead atoms. The van der Waals surface area contributed by atoms with Gasteiger partial charge in [0.05, 0.1) is 6.04 Å². The van der Waals surface area contributed by atoms with Crippen LogP contribution in [-0.2, 0) is 12.2 Å². The second-order valence-corrected chi connectivity index (χ2v) is 7.97. The summed E-state index contributed by atoms with van der Waals surface area (Å²) in [4.78, 5) is 3.10. The second-order valence-electron chi connectivity index (χ2n) is 5.70. The minimum atomic E-state index is 0.352. The van der Waals surface area contributed by atoms with Gasteiger partial charge in [0.15, 0.2) is 0 Å². The quantitative estimate of drug-likeness (QED) is 0.838. The standard InChI is InChI=1S/C18H23NS2/c1-3-8-19-18(14-6-4-5-13(2)10-14)17-11-15-12-20-9-7-16(15)21-17/h4-6,10-11,18-19H,3,7-9,12H2,1-2H3. The highest BCUT2D eigenvalue weighted by Crippen LogP contribution is 2.36. The smallest absolute Gasteiger partial charge is 0.0671 e. The maximum Gasteiger partial charge on any atom is 0.0671 e. The van der Waals surface area contributed by atoms with E-state index < -0.39 is 0 Å². The van der Waals surface area contributed by atoms with Gasteiger partial charge in [-0.2, -0.15) is 11.8 Å². The lowest BCUT2D eigenvalue weighted by atomic mass is 10.0. The zero-order valence-electron chi connectivity index (χ0n) is 12.8. The molecule has 0 aliphatic carbocycles. The van der Waals surface area contributed by atoms with Crippen molar-refractivity contribution in [2.75, 3.05) is 12.3 Å². The molecule has 1 aromatic carbocycles. The van der Waals surface area contributed by atoms with Gasteiger partial charge in [-0.15, -0.1) is 11.3 Å². The van der Waals surface area contributed by atoms with E-state index in [4.69, 9.17) is 0 Å². The van der Waals surface area contributed by atoms with Crippen molar-refractivity contribution in [3.8, 4) is 0 Å². The lowest BCUT2D eigenvalue weighted by Crippen LogP contribution is -2.22. The maximum absolute atomic E-state index is 3.74. The molecule has 1 nitrogen and oxygen atoms in total. The first-order valence-electron chi connectivity index (χ1n) is 7.77. The van der Waals surface area contributed by atoms with Crippen LogP contribution in [0.1, 0.15) is 45.8 Å². The molecule has 2 heterocycles. The second kappa shape index (κ2) is 6.99. The zero-order chi connectivity index (χ0) is 14.7. The number of aryl methyl sites for hydroxylation is 2. The van der Waals surface area contributed by atoms with Gasteiger partial charge in [0, 0.05) is 15.5 Å². The Morgan fingerprint density at radius 2 is 2.19 bits per heavy atom. The van der Waals surface area contributed by atoms with Crippen molar-refractivity contribution < 1.29 is 0 Å². The van der Waals surface area contributed by atoms with Crippen LogP contribution in [-0.4, -0.2) is 12.3 Å². The molecule has 0 saturated heterocycles. The molecular formula is C18H23NS2. The van der Waals surface area contributed by atoms with Crippen molar-refractivity contribution in [1.29, 1.82) is 0 Å². The van der Waals surface area contributed by atoms with Gasteiger partial charge >= 0.3 is 0 Å².